The van der Waals surface area contributed by atoms with E-state index in [-0.39, 0.29) is 0 Å². The first kappa shape index (κ1) is 12.0. The van der Waals surface area contributed by atoms with Gasteiger partial charge in [-0.3, -0.25) is 0 Å². The zero-order valence-corrected chi connectivity index (χ0v) is 11.2. The molecule has 92 valence electrons. The highest BCUT2D eigenvalue weighted by molar-refractivity contribution is 5.82. The van der Waals surface area contributed by atoms with Crippen molar-refractivity contribution in [3.63, 3.8) is 0 Å². The number of hydrogen-bond donors (Lipinski definition) is 1. The Morgan fingerprint density at radius 3 is 2.65 bits per heavy atom. The number of nitrogens with zero attached hydrogens (tertiary/aromatic N) is 3. The van der Waals surface area contributed by atoms with Crippen LogP contribution in [0.1, 0.15) is 36.8 Å². The number of aryl methyl sites for hydroxylation is 2. The molecule has 0 aliphatic heterocycles. The van der Waals surface area contributed by atoms with Crippen molar-refractivity contribution < 1.29 is 0 Å². The van der Waals surface area contributed by atoms with Crippen LogP contribution in [0.5, 0.6) is 0 Å². The molecule has 0 bridgehead atoms. The van der Waals surface area contributed by atoms with E-state index in [0.717, 1.165) is 23.7 Å². The number of hydrogen-bond acceptors (Lipinski definition) is 3. The first-order chi connectivity index (χ1) is 8.04. The van der Waals surface area contributed by atoms with E-state index in [4.69, 9.17) is 0 Å². The first-order valence-corrected chi connectivity index (χ1v) is 6.01. The van der Waals surface area contributed by atoms with Crippen molar-refractivity contribution in [1.29, 1.82) is 0 Å². The summed E-state index contributed by atoms with van der Waals surface area (Å²) in [5.41, 5.74) is 3.37. The second kappa shape index (κ2) is 4.45. The van der Waals surface area contributed by atoms with Crippen molar-refractivity contribution in [2.24, 2.45) is 7.05 Å². The molecule has 0 radical (unpaired) electrons. The summed E-state index contributed by atoms with van der Waals surface area (Å²) in [6.07, 6.45) is 2.13. The molecule has 0 amide bonds. The maximum atomic E-state index is 4.66. The van der Waals surface area contributed by atoms with Crippen molar-refractivity contribution >= 4 is 11.0 Å². The third kappa shape index (κ3) is 2.05. The van der Waals surface area contributed by atoms with Crippen molar-refractivity contribution in [2.45, 2.75) is 33.2 Å². The molecule has 0 saturated carbocycles. The Morgan fingerprint density at radius 2 is 2.06 bits per heavy atom. The summed E-state index contributed by atoms with van der Waals surface area (Å²) < 4.78 is 2.09. The summed E-state index contributed by atoms with van der Waals surface area (Å²) in [4.78, 5) is 9.27. The van der Waals surface area contributed by atoms with E-state index in [0.29, 0.717) is 5.92 Å². The van der Waals surface area contributed by atoms with Crippen molar-refractivity contribution in [2.75, 3.05) is 7.05 Å². The lowest BCUT2D eigenvalue weighted by Gasteiger charge is -2.07. The summed E-state index contributed by atoms with van der Waals surface area (Å²) in [7, 11) is 4.00. The molecule has 17 heavy (non-hydrogen) atoms. The maximum absolute atomic E-state index is 4.66. The van der Waals surface area contributed by atoms with Gasteiger partial charge in [-0.15, -0.1) is 0 Å². The van der Waals surface area contributed by atoms with Gasteiger partial charge in [-0.05, 0) is 19.5 Å². The van der Waals surface area contributed by atoms with Crippen LogP contribution in [0.25, 0.3) is 11.0 Å². The van der Waals surface area contributed by atoms with E-state index in [1.165, 1.54) is 10.9 Å². The first-order valence-electron chi connectivity index (χ1n) is 6.01. The van der Waals surface area contributed by atoms with Crippen LogP contribution in [-0.2, 0) is 13.6 Å². The second-order valence-electron chi connectivity index (χ2n) is 4.82. The van der Waals surface area contributed by atoms with E-state index >= 15 is 0 Å². The fourth-order valence-corrected chi connectivity index (χ4v) is 2.15. The monoisotopic (exact) mass is 232 g/mol. The summed E-state index contributed by atoms with van der Waals surface area (Å²) in [6, 6.07) is 0. The average molecular weight is 232 g/mol. The van der Waals surface area contributed by atoms with Crippen LogP contribution in [0, 0.1) is 6.92 Å². The van der Waals surface area contributed by atoms with Gasteiger partial charge in [0.25, 0.3) is 0 Å². The molecule has 0 aliphatic carbocycles. The Labute approximate surface area is 102 Å². The number of aromatic nitrogens is 3. The number of rotatable bonds is 3. The molecule has 0 aliphatic rings. The SMILES string of the molecule is CNCc1cn(C)c2nc(C(C)C)nc(C)c12. The van der Waals surface area contributed by atoms with Gasteiger partial charge in [-0.1, -0.05) is 13.8 Å². The summed E-state index contributed by atoms with van der Waals surface area (Å²) in [6.45, 7) is 7.16. The minimum absolute atomic E-state index is 0.362. The molecule has 2 aromatic heterocycles. The Hall–Kier alpha value is -1.42. The van der Waals surface area contributed by atoms with Crippen molar-refractivity contribution in [3.05, 3.63) is 23.3 Å². The Morgan fingerprint density at radius 1 is 1.35 bits per heavy atom. The zero-order chi connectivity index (χ0) is 12.6. The van der Waals surface area contributed by atoms with E-state index in [1.807, 2.05) is 14.1 Å². The van der Waals surface area contributed by atoms with Gasteiger partial charge in [0, 0.05) is 31.1 Å². The highest BCUT2D eigenvalue weighted by atomic mass is 15.0. The molecule has 4 heteroatoms. The van der Waals surface area contributed by atoms with Crippen molar-refractivity contribution in [1.82, 2.24) is 19.9 Å². The second-order valence-corrected chi connectivity index (χ2v) is 4.82. The standard InChI is InChI=1S/C13H20N4/c1-8(2)12-15-9(3)11-10(6-14-4)7-17(5)13(11)16-12/h7-8,14H,6H2,1-5H3. The van der Waals surface area contributed by atoms with Gasteiger partial charge in [0.1, 0.15) is 11.5 Å². The third-order valence-corrected chi connectivity index (χ3v) is 2.98. The Kier molecular flexibility index (Phi) is 3.15. The largest absolute Gasteiger partial charge is 0.335 e. The predicted octanol–water partition coefficient (Wildman–Crippen LogP) is 2.12. The lowest BCUT2D eigenvalue weighted by atomic mass is 10.1. The molecule has 0 spiro atoms. The molecule has 2 heterocycles. The van der Waals surface area contributed by atoms with Crippen molar-refractivity contribution in [3.8, 4) is 0 Å². The molecule has 0 fully saturated rings. The molecular formula is C13H20N4. The number of nitrogens with one attached hydrogen (secondary N) is 1. The van der Waals surface area contributed by atoms with Gasteiger partial charge in [0.15, 0.2) is 0 Å². The normalized spacial score (nSPS) is 11.6. The van der Waals surface area contributed by atoms with Gasteiger partial charge >= 0.3 is 0 Å². The van der Waals surface area contributed by atoms with E-state index in [9.17, 15) is 0 Å². The fraction of sp³-hybridized carbons (Fsp3) is 0.538. The smallest absolute Gasteiger partial charge is 0.143 e. The minimum Gasteiger partial charge on any atom is -0.335 e. The van der Waals surface area contributed by atoms with Crippen LogP contribution in [0.2, 0.25) is 0 Å². The van der Waals surface area contributed by atoms with Crippen LogP contribution in [-0.4, -0.2) is 21.6 Å². The fourth-order valence-electron chi connectivity index (χ4n) is 2.15. The molecule has 2 aromatic rings. The predicted molar refractivity (Wildman–Crippen MR) is 70.1 cm³/mol. The lowest BCUT2D eigenvalue weighted by Crippen LogP contribution is -2.05. The average Bonchev–Trinajstić information content (AvgIpc) is 2.57. The van der Waals surface area contributed by atoms with Crippen LogP contribution in [0.15, 0.2) is 6.20 Å². The molecule has 0 atom stereocenters. The Balaban J connectivity index is 2.69. The molecule has 2 rings (SSSR count). The van der Waals surface area contributed by atoms with Gasteiger partial charge in [-0.2, -0.15) is 0 Å². The topological polar surface area (TPSA) is 42.7 Å². The van der Waals surface area contributed by atoms with E-state index in [1.54, 1.807) is 0 Å². The van der Waals surface area contributed by atoms with Crippen LogP contribution >= 0.6 is 0 Å². The maximum Gasteiger partial charge on any atom is 0.143 e. The molecule has 4 nitrogen and oxygen atoms in total. The quantitative estimate of drug-likeness (QED) is 0.881. The third-order valence-electron chi connectivity index (χ3n) is 2.98. The van der Waals surface area contributed by atoms with Gasteiger partial charge in [0.05, 0.1) is 5.69 Å². The zero-order valence-electron chi connectivity index (χ0n) is 11.2. The summed E-state index contributed by atoms with van der Waals surface area (Å²) in [5, 5.41) is 4.37. The summed E-state index contributed by atoms with van der Waals surface area (Å²) >= 11 is 0. The Bertz CT molecular complexity index is 540. The van der Waals surface area contributed by atoms with E-state index < -0.39 is 0 Å². The highest BCUT2D eigenvalue weighted by Crippen LogP contribution is 2.23. The molecule has 0 unspecified atom stereocenters. The van der Waals surface area contributed by atoms with Gasteiger partial charge in [0.2, 0.25) is 0 Å². The number of fused-ring (bicyclic) bond motifs is 1. The van der Waals surface area contributed by atoms with Crippen LogP contribution in [0.3, 0.4) is 0 Å². The molecular weight excluding hydrogens is 212 g/mol. The van der Waals surface area contributed by atoms with Crippen LogP contribution in [0.4, 0.5) is 0 Å². The van der Waals surface area contributed by atoms with Gasteiger partial charge in [-0.25, -0.2) is 9.97 Å². The van der Waals surface area contributed by atoms with Gasteiger partial charge < -0.3 is 9.88 Å². The molecule has 1 N–H and O–H groups in total. The van der Waals surface area contributed by atoms with E-state index in [2.05, 4.69) is 46.8 Å². The molecule has 0 saturated heterocycles. The lowest BCUT2D eigenvalue weighted by molar-refractivity contribution is 0.769. The van der Waals surface area contributed by atoms with Crippen LogP contribution < -0.4 is 5.32 Å². The minimum atomic E-state index is 0.362. The molecule has 0 aromatic carbocycles. The summed E-state index contributed by atoms with van der Waals surface area (Å²) in [5.74, 6) is 1.29. The highest BCUT2D eigenvalue weighted by Gasteiger charge is 2.14.